The molecule has 1 aliphatic carbocycles. The van der Waals surface area contributed by atoms with Crippen LogP contribution >= 0.6 is 0 Å². The van der Waals surface area contributed by atoms with Gasteiger partial charge >= 0.3 is 5.97 Å². The Bertz CT molecular complexity index is 1370. The summed E-state index contributed by atoms with van der Waals surface area (Å²) in [5.41, 5.74) is 2.84. The number of fused-ring (bicyclic) bond motifs is 2. The fourth-order valence-corrected chi connectivity index (χ4v) is 6.09. The van der Waals surface area contributed by atoms with Crippen LogP contribution < -0.4 is 18.9 Å². The zero-order valence-corrected chi connectivity index (χ0v) is 24.2. The van der Waals surface area contributed by atoms with Crippen molar-refractivity contribution in [1.82, 2.24) is 0 Å². The molecule has 0 aromatic heterocycles. The van der Waals surface area contributed by atoms with Crippen molar-refractivity contribution >= 4 is 5.97 Å². The number of hydrogen-bond donors (Lipinski definition) is 1. The van der Waals surface area contributed by atoms with Gasteiger partial charge in [-0.15, -0.1) is 0 Å². The van der Waals surface area contributed by atoms with E-state index in [1.54, 1.807) is 7.11 Å². The maximum absolute atomic E-state index is 13.4. The summed E-state index contributed by atoms with van der Waals surface area (Å²) in [5.74, 6) is 1.14. The van der Waals surface area contributed by atoms with Crippen molar-refractivity contribution in [3.63, 3.8) is 0 Å². The smallest absolute Gasteiger partial charge is 0.337 e. The number of rotatable bonds is 14. The number of unbranched alkanes of at least 4 members (excludes halogenated alkanes) is 4. The minimum atomic E-state index is -1.50. The van der Waals surface area contributed by atoms with E-state index in [2.05, 4.69) is 13.8 Å². The molecular weight excluding hydrogens is 520 g/mol. The molecule has 2 unspecified atom stereocenters. The molecule has 0 radical (unpaired) electrons. The highest BCUT2D eigenvalue weighted by molar-refractivity contribution is 5.88. The van der Waals surface area contributed by atoms with Crippen LogP contribution in [0.5, 0.6) is 23.0 Å². The Balaban J connectivity index is 1.66. The summed E-state index contributed by atoms with van der Waals surface area (Å²) in [6.07, 6.45) is 6.29. The number of carboxylic acids is 1. The monoisotopic (exact) mass is 560 g/mol. The zero-order valence-electron chi connectivity index (χ0n) is 24.2. The van der Waals surface area contributed by atoms with Crippen LogP contribution in [0.3, 0.4) is 0 Å². The SMILES string of the molecule is CCCCCCCOC1(C(=O)O)Cc2c(ccc(OCCC)c2-c2ccccc2OC)C1c1ccc2c(c1)OCO2. The minimum absolute atomic E-state index is 0.147. The second-order valence-electron chi connectivity index (χ2n) is 10.7. The highest BCUT2D eigenvalue weighted by atomic mass is 16.7. The van der Waals surface area contributed by atoms with E-state index in [9.17, 15) is 9.90 Å². The molecule has 5 rings (SSSR count). The van der Waals surface area contributed by atoms with Gasteiger partial charge in [0.2, 0.25) is 6.79 Å². The molecule has 2 aliphatic rings. The number of benzene rings is 3. The molecular formula is C34H40O7. The van der Waals surface area contributed by atoms with Gasteiger partial charge < -0.3 is 28.8 Å². The van der Waals surface area contributed by atoms with Crippen molar-refractivity contribution in [2.75, 3.05) is 27.1 Å². The largest absolute Gasteiger partial charge is 0.496 e. The third-order valence-electron chi connectivity index (χ3n) is 8.07. The fraction of sp³-hybridized carbons (Fsp3) is 0.441. The lowest BCUT2D eigenvalue weighted by Gasteiger charge is -2.32. The van der Waals surface area contributed by atoms with Gasteiger partial charge in [-0.25, -0.2) is 4.79 Å². The molecule has 2 atom stereocenters. The molecule has 0 saturated carbocycles. The van der Waals surface area contributed by atoms with Gasteiger partial charge in [0, 0.05) is 30.1 Å². The Morgan fingerprint density at radius 3 is 2.51 bits per heavy atom. The average Bonchev–Trinajstić information content (AvgIpc) is 3.60. The summed E-state index contributed by atoms with van der Waals surface area (Å²) in [6, 6.07) is 17.4. The van der Waals surface area contributed by atoms with Gasteiger partial charge in [-0.2, -0.15) is 0 Å². The van der Waals surface area contributed by atoms with Crippen LogP contribution in [0.4, 0.5) is 0 Å². The first-order chi connectivity index (χ1) is 20.0. The van der Waals surface area contributed by atoms with Crippen molar-refractivity contribution in [1.29, 1.82) is 0 Å². The van der Waals surface area contributed by atoms with E-state index in [1.807, 2.05) is 54.6 Å². The van der Waals surface area contributed by atoms with E-state index in [1.165, 1.54) is 0 Å². The third-order valence-corrected chi connectivity index (χ3v) is 8.07. The number of para-hydroxylation sites is 1. The van der Waals surface area contributed by atoms with Crippen molar-refractivity contribution in [2.24, 2.45) is 0 Å². The molecule has 1 heterocycles. The standard InChI is InChI=1S/C34H40O7/c1-4-6-7-8-11-19-41-34(33(35)36)21-26-24(32(34)23-14-16-28-30(20-23)40-22-39-28)15-17-29(38-18-5-2)31(26)25-12-9-10-13-27(25)37-3/h9-10,12-17,20,32H,4-8,11,18-19,21-22H2,1-3H3,(H,35,36). The van der Waals surface area contributed by atoms with E-state index >= 15 is 0 Å². The lowest BCUT2D eigenvalue weighted by Crippen LogP contribution is -2.46. The molecule has 0 bridgehead atoms. The molecule has 0 saturated heterocycles. The summed E-state index contributed by atoms with van der Waals surface area (Å²) < 4.78 is 29.8. The van der Waals surface area contributed by atoms with Gasteiger partial charge in [0.15, 0.2) is 17.1 Å². The summed E-state index contributed by atoms with van der Waals surface area (Å²) in [5, 5.41) is 10.9. The van der Waals surface area contributed by atoms with Gasteiger partial charge in [-0.1, -0.05) is 69.9 Å². The van der Waals surface area contributed by atoms with E-state index in [0.29, 0.717) is 36.2 Å². The average molecular weight is 561 g/mol. The van der Waals surface area contributed by atoms with Gasteiger partial charge in [0.1, 0.15) is 11.5 Å². The van der Waals surface area contributed by atoms with Crippen molar-refractivity contribution in [3.05, 3.63) is 71.3 Å². The first-order valence-electron chi connectivity index (χ1n) is 14.7. The summed E-state index contributed by atoms with van der Waals surface area (Å²) in [7, 11) is 1.65. The lowest BCUT2D eigenvalue weighted by atomic mass is 9.81. The Morgan fingerprint density at radius 2 is 1.73 bits per heavy atom. The zero-order chi connectivity index (χ0) is 28.8. The number of carboxylic acid groups (broad SMARTS) is 1. The van der Waals surface area contributed by atoms with E-state index < -0.39 is 17.5 Å². The molecule has 0 spiro atoms. The highest BCUT2D eigenvalue weighted by Gasteiger charge is 2.55. The Kier molecular flexibility index (Phi) is 9.03. The normalized spacial score (nSPS) is 18.8. The predicted octanol–water partition coefficient (Wildman–Crippen LogP) is 7.38. The van der Waals surface area contributed by atoms with Crippen LogP contribution in [0.2, 0.25) is 0 Å². The van der Waals surface area contributed by atoms with Gasteiger partial charge in [0.25, 0.3) is 0 Å². The van der Waals surface area contributed by atoms with Gasteiger partial charge in [-0.05, 0) is 53.8 Å². The molecule has 3 aromatic carbocycles. The first kappa shape index (κ1) is 28.8. The van der Waals surface area contributed by atoms with Gasteiger partial charge in [0.05, 0.1) is 13.7 Å². The minimum Gasteiger partial charge on any atom is -0.496 e. The van der Waals surface area contributed by atoms with Crippen LogP contribution in [-0.2, 0) is 16.0 Å². The van der Waals surface area contributed by atoms with Crippen molar-refractivity contribution < 1.29 is 33.6 Å². The van der Waals surface area contributed by atoms with Crippen LogP contribution in [-0.4, -0.2) is 43.8 Å². The molecule has 0 amide bonds. The topological polar surface area (TPSA) is 83.5 Å². The van der Waals surface area contributed by atoms with E-state index in [0.717, 1.165) is 66.3 Å². The number of hydrogen-bond acceptors (Lipinski definition) is 6. The van der Waals surface area contributed by atoms with Crippen LogP contribution in [0.25, 0.3) is 11.1 Å². The van der Waals surface area contributed by atoms with Crippen LogP contribution in [0.1, 0.15) is 75.0 Å². The first-order valence-corrected chi connectivity index (χ1v) is 14.7. The van der Waals surface area contributed by atoms with Crippen LogP contribution in [0, 0.1) is 0 Å². The number of methoxy groups -OCH3 is 1. The number of ether oxygens (including phenoxy) is 5. The van der Waals surface area contributed by atoms with E-state index in [-0.39, 0.29) is 13.2 Å². The molecule has 3 aromatic rings. The van der Waals surface area contributed by atoms with E-state index in [4.69, 9.17) is 23.7 Å². The third kappa shape index (κ3) is 5.60. The number of carbonyl (C=O) groups is 1. The Hall–Kier alpha value is -3.71. The van der Waals surface area contributed by atoms with Crippen molar-refractivity contribution in [2.45, 2.75) is 70.3 Å². The molecule has 1 aliphatic heterocycles. The summed E-state index contributed by atoms with van der Waals surface area (Å²) in [4.78, 5) is 13.4. The predicted molar refractivity (Wildman–Crippen MR) is 157 cm³/mol. The lowest BCUT2D eigenvalue weighted by molar-refractivity contribution is -0.167. The maximum atomic E-state index is 13.4. The Labute approximate surface area is 242 Å². The second kappa shape index (κ2) is 12.9. The molecule has 1 N–H and O–H groups in total. The molecule has 218 valence electrons. The van der Waals surface area contributed by atoms with Crippen LogP contribution in [0.15, 0.2) is 54.6 Å². The fourth-order valence-electron chi connectivity index (χ4n) is 6.09. The maximum Gasteiger partial charge on any atom is 0.337 e. The van der Waals surface area contributed by atoms with Gasteiger partial charge in [-0.3, -0.25) is 0 Å². The molecule has 0 fully saturated rings. The highest BCUT2D eigenvalue weighted by Crippen LogP contribution is 2.54. The molecule has 7 nitrogen and oxygen atoms in total. The molecule has 41 heavy (non-hydrogen) atoms. The number of aliphatic carboxylic acids is 1. The van der Waals surface area contributed by atoms with Crippen molar-refractivity contribution in [3.8, 4) is 34.1 Å². The summed E-state index contributed by atoms with van der Waals surface area (Å²) in [6.45, 7) is 5.31. The summed E-state index contributed by atoms with van der Waals surface area (Å²) >= 11 is 0. The Morgan fingerprint density at radius 1 is 0.927 bits per heavy atom. The molecule has 7 heteroatoms. The second-order valence-corrected chi connectivity index (χ2v) is 10.7. The quantitative estimate of drug-likeness (QED) is 0.206.